The molecule has 1 N–H and O–H groups in total. The average Bonchev–Trinajstić information content (AvgIpc) is 2.26. The minimum atomic E-state index is -0.326. The van der Waals surface area contributed by atoms with Gasteiger partial charge in [0.25, 0.3) is 0 Å². The van der Waals surface area contributed by atoms with Crippen LogP contribution in [0.25, 0.3) is 0 Å². The highest BCUT2D eigenvalue weighted by molar-refractivity contribution is 5.71. The fraction of sp³-hybridized carbons (Fsp3) is 0.462. The number of hydrogen-bond donors (Lipinski definition) is 1. The number of carbonyl (C=O) groups excluding carboxylic acids is 1. The fourth-order valence-electron chi connectivity index (χ4n) is 1.26. The second-order valence-corrected chi connectivity index (χ2v) is 4.28. The van der Waals surface area contributed by atoms with Crippen molar-refractivity contribution < 1.29 is 19.2 Å². The summed E-state index contributed by atoms with van der Waals surface area (Å²) in [5, 5.41) is 0. The van der Waals surface area contributed by atoms with Crippen LogP contribution in [0, 0.1) is 6.92 Å². The van der Waals surface area contributed by atoms with E-state index in [0.29, 0.717) is 12.4 Å². The van der Waals surface area contributed by atoms with E-state index in [0.717, 1.165) is 12.1 Å². The molecule has 0 aliphatic carbocycles. The Morgan fingerprint density at radius 1 is 1.35 bits per heavy atom. The van der Waals surface area contributed by atoms with Gasteiger partial charge in [0.2, 0.25) is 0 Å². The maximum absolute atomic E-state index is 11.3. The molecular formula is C13H20NO3+. The summed E-state index contributed by atoms with van der Waals surface area (Å²) < 4.78 is 10.3. The van der Waals surface area contributed by atoms with E-state index < -0.39 is 0 Å². The molecule has 0 bridgehead atoms. The first-order chi connectivity index (χ1) is 8.08. The monoisotopic (exact) mass is 238 g/mol. The van der Waals surface area contributed by atoms with Gasteiger partial charge in [-0.05, 0) is 24.6 Å². The normalized spacial score (nSPS) is 10.4. The molecule has 0 aliphatic rings. The van der Waals surface area contributed by atoms with Crippen molar-refractivity contribution in [3.8, 4) is 5.75 Å². The van der Waals surface area contributed by atoms with E-state index in [9.17, 15) is 4.79 Å². The molecule has 1 aromatic carbocycles. The van der Waals surface area contributed by atoms with E-state index in [4.69, 9.17) is 9.47 Å². The number of likely N-dealkylation sites (N-methyl/N-ethyl adjacent to an activating group) is 1. The van der Waals surface area contributed by atoms with Crippen LogP contribution in [0.3, 0.4) is 0 Å². The highest BCUT2D eigenvalue weighted by atomic mass is 16.6. The minimum absolute atomic E-state index is 0.0355. The van der Waals surface area contributed by atoms with Gasteiger partial charge in [-0.25, -0.2) is 4.79 Å². The molecule has 1 rings (SSSR count). The van der Waals surface area contributed by atoms with Crippen molar-refractivity contribution in [1.82, 2.24) is 0 Å². The van der Waals surface area contributed by atoms with Crippen LogP contribution in [0.4, 0.5) is 0 Å². The molecule has 94 valence electrons. The first kappa shape index (κ1) is 13.5. The Labute approximate surface area is 102 Å². The number of rotatable bonds is 6. The molecule has 0 radical (unpaired) electrons. The van der Waals surface area contributed by atoms with E-state index in [-0.39, 0.29) is 12.6 Å². The van der Waals surface area contributed by atoms with Crippen LogP contribution in [0.15, 0.2) is 24.3 Å². The quantitative estimate of drug-likeness (QED) is 0.713. The van der Waals surface area contributed by atoms with Gasteiger partial charge in [0, 0.05) is 0 Å². The van der Waals surface area contributed by atoms with E-state index in [1.54, 1.807) is 0 Å². The standard InChI is InChI=1S/C13H19NO3/c1-11-5-4-6-12(9-11)17-10-13(15)16-8-7-14(2)3/h4-6,9H,7-8,10H2,1-3H3/p+1. The Morgan fingerprint density at radius 3 is 2.76 bits per heavy atom. The summed E-state index contributed by atoms with van der Waals surface area (Å²) in [6.07, 6.45) is 0. The van der Waals surface area contributed by atoms with Crippen LogP contribution < -0.4 is 9.64 Å². The lowest BCUT2D eigenvalue weighted by Crippen LogP contribution is -3.06. The van der Waals surface area contributed by atoms with Crippen LogP contribution in [-0.4, -0.2) is 39.8 Å². The van der Waals surface area contributed by atoms with Crippen molar-refractivity contribution >= 4 is 5.97 Å². The maximum Gasteiger partial charge on any atom is 0.344 e. The molecule has 0 amide bonds. The van der Waals surface area contributed by atoms with Gasteiger partial charge >= 0.3 is 5.97 Å². The average molecular weight is 238 g/mol. The van der Waals surface area contributed by atoms with Crippen LogP contribution in [0.5, 0.6) is 5.75 Å². The second-order valence-electron chi connectivity index (χ2n) is 4.28. The van der Waals surface area contributed by atoms with Gasteiger partial charge in [0.1, 0.15) is 18.9 Å². The third-order valence-electron chi connectivity index (χ3n) is 2.21. The van der Waals surface area contributed by atoms with Crippen molar-refractivity contribution in [2.75, 3.05) is 33.9 Å². The Hall–Kier alpha value is -1.55. The molecule has 17 heavy (non-hydrogen) atoms. The molecule has 0 aromatic heterocycles. The highest BCUT2D eigenvalue weighted by Crippen LogP contribution is 2.11. The summed E-state index contributed by atoms with van der Waals surface area (Å²) in [6.45, 7) is 3.17. The van der Waals surface area contributed by atoms with Gasteiger partial charge in [-0.15, -0.1) is 0 Å². The summed E-state index contributed by atoms with van der Waals surface area (Å²) >= 11 is 0. The predicted molar refractivity (Wildman–Crippen MR) is 65.3 cm³/mol. The number of hydrogen-bond acceptors (Lipinski definition) is 3. The van der Waals surface area contributed by atoms with Crippen LogP contribution in [0.1, 0.15) is 5.56 Å². The highest BCUT2D eigenvalue weighted by Gasteiger charge is 2.05. The first-order valence-electron chi connectivity index (χ1n) is 5.72. The zero-order valence-corrected chi connectivity index (χ0v) is 10.7. The third kappa shape index (κ3) is 5.92. The predicted octanol–water partition coefficient (Wildman–Crippen LogP) is 0.0615. The van der Waals surface area contributed by atoms with Crippen LogP contribution >= 0.6 is 0 Å². The molecule has 0 saturated heterocycles. The maximum atomic E-state index is 11.3. The molecule has 0 aliphatic heterocycles. The number of ether oxygens (including phenoxy) is 2. The molecular weight excluding hydrogens is 218 g/mol. The number of quaternary nitrogens is 1. The smallest absolute Gasteiger partial charge is 0.344 e. The molecule has 0 saturated carbocycles. The largest absolute Gasteiger partial charge is 0.482 e. The zero-order valence-electron chi connectivity index (χ0n) is 10.7. The van der Waals surface area contributed by atoms with Crippen LogP contribution in [0.2, 0.25) is 0 Å². The molecule has 0 fully saturated rings. The van der Waals surface area contributed by atoms with E-state index in [2.05, 4.69) is 0 Å². The molecule has 0 heterocycles. The topological polar surface area (TPSA) is 40.0 Å². The Balaban J connectivity index is 2.24. The van der Waals surface area contributed by atoms with E-state index >= 15 is 0 Å². The van der Waals surface area contributed by atoms with E-state index in [1.807, 2.05) is 45.3 Å². The summed E-state index contributed by atoms with van der Waals surface area (Å²) in [5.41, 5.74) is 1.10. The van der Waals surface area contributed by atoms with Crippen LogP contribution in [-0.2, 0) is 9.53 Å². The fourth-order valence-corrected chi connectivity index (χ4v) is 1.26. The number of carbonyl (C=O) groups is 1. The third-order valence-corrected chi connectivity index (χ3v) is 2.21. The SMILES string of the molecule is Cc1cccc(OCC(=O)OCC[NH+](C)C)c1. The molecule has 1 aromatic rings. The number of benzene rings is 1. The van der Waals surface area contributed by atoms with Gasteiger partial charge in [0.15, 0.2) is 6.61 Å². The van der Waals surface area contributed by atoms with Crippen molar-refractivity contribution in [3.63, 3.8) is 0 Å². The molecule has 4 nitrogen and oxygen atoms in total. The lowest BCUT2D eigenvalue weighted by molar-refractivity contribution is -0.858. The summed E-state index contributed by atoms with van der Waals surface area (Å²) in [4.78, 5) is 12.6. The summed E-state index contributed by atoms with van der Waals surface area (Å²) in [5.74, 6) is 0.368. The molecule has 4 heteroatoms. The number of esters is 1. The lowest BCUT2D eigenvalue weighted by atomic mass is 10.2. The van der Waals surface area contributed by atoms with E-state index in [1.165, 1.54) is 4.90 Å². The van der Waals surface area contributed by atoms with Gasteiger partial charge in [-0.3, -0.25) is 0 Å². The second kappa shape index (κ2) is 6.91. The van der Waals surface area contributed by atoms with Gasteiger partial charge < -0.3 is 14.4 Å². The van der Waals surface area contributed by atoms with Crippen molar-refractivity contribution in [2.24, 2.45) is 0 Å². The van der Waals surface area contributed by atoms with Crippen molar-refractivity contribution in [2.45, 2.75) is 6.92 Å². The Kier molecular flexibility index (Phi) is 5.49. The summed E-state index contributed by atoms with van der Waals surface area (Å²) in [6, 6.07) is 7.58. The first-order valence-corrected chi connectivity index (χ1v) is 5.72. The lowest BCUT2D eigenvalue weighted by Gasteiger charge is -2.09. The van der Waals surface area contributed by atoms with Gasteiger partial charge in [-0.1, -0.05) is 12.1 Å². The van der Waals surface area contributed by atoms with Crippen molar-refractivity contribution in [1.29, 1.82) is 0 Å². The Bertz CT molecular complexity index is 363. The molecule has 0 unspecified atom stereocenters. The summed E-state index contributed by atoms with van der Waals surface area (Å²) in [7, 11) is 4.02. The van der Waals surface area contributed by atoms with Crippen molar-refractivity contribution in [3.05, 3.63) is 29.8 Å². The number of nitrogens with one attached hydrogen (secondary N) is 1. The van der Waals surface area contributed by atoms with Gasteiger partial charge in [-0.2, -0.15) is 0 Å². The van der Waals surface area contributed by atoms with Gasteiger partial charge in [0.05, 0.1) is 14.1 Å². The Morgan fingerprint density at radius 2 is 2.12 bits per heavy atom. The molecule has 0 spiro atoms. The molecule has 0 atom stereocenters. The number of aryl methyl sites for hydroxylation is 1. The zero-order chi connectivity index (χ0) is 12.7. The minimum Gasteiger partial charge on any atom is -0.482 e.